The highest BCUT2D eigenvalue weighted by Gasteiger charge is 2.15. The summed E-state index contributed by atoms with van der Waals surface area (Å²) in [6, 6.07) is 15.7. The average Bonchev–Trinajstić information content (AvgIpc) is 2.48. The van der Waals surface area contributed by atoms with Crippen molar-refractivity contribution in [2.24, 2.45) is 0 Å². The van der Waals surface area contributed by atoms with E-state index in [1.807, 2.05) is 18.2 Å². The van der Waals surface area contributed by atoms with Gasteiger partial charge in [0.2, 0.25) is 0 Å². The predicted octanol–water partition coefficient (Wildman–Crippen LogP) is 3.64. The summed E-state index contributed by atoms with van der Waals surface area (Å²) in [4.78, 5) is 12.1. The molecule has 0 saturated carbocycles. The van der Waals surface area contributed by atoms with Gasteiger partial charge in [-0.3, -0.25) is 4.79 Å². The SMILES string of the molecule is O=c1cc(C(O)c2ccccc2)oc2ccc(Br)cc12. The van der Waals surface area contributed by atoms with E-state index >= 15 is 0 Å². The lowest BCUT2D eigenvalue weighted by atomic mass is 10.1. The molecule has 0 radical (unpaired) electrons. The number of rotatable bonds is 2. The van der Waals surface area contributed by atoms with Gasteiger partial charge in [-0.05, 0) is 23.8 Å². The molecular formula is C16H11BrO3. The Hall–Kier alpha value is -1.91. The second-order valence-electron chi connectivity index (χ2n) is 4.47. The van der Waals surface area contributed by atoms with Crippen molar-refractivity contribution in [2.75, 3.05) is 0 Å². The summed E-state index contributed by atoms with van der Waals surface area (Å²) in [6.07, 6.45) is -0.947. The van der Waals surface area contributed by atoms with Crippen molar-refractivity contribution < 1.29 is 9.52 Å². The molecule has 2 aromatic carbocycles. The Balaban J connectivity index is 2.14. The number of fused-ring (bicyclic) bond motifs is 1. The second-order valence-corrected chi connectivity index (χ2v) is 5.38. The van der Waals surface area contributed by atoms with Gasteiger partial charge in [0.05, 0.1) is 5.39 Å². The van der Waals surface area contributed by atoms with Gasteiger partial charge in [-0.1, -0.05) is 46.3 Å². The van der Waals surface area contributed by atoms with E-state index < -0.39 is 6.10 Å². The summed E-state index contributed by atoms with van der Waals surface area (Å²) in [5.74, 6) is 0.246. The molecule has 4 heteroatoms. The molecule has 1 aromatic heterocycles. The molecule has 1 unspecified atom stereocenters. The molecule has 1 N–H and O–H groups in total. The van der Waals surface area contributed by atoms with E-state index in [1.54, 1.807) is 30.3 Å². The summed E-state index contributed by atoms with van der Waals surface area (Å²) >= 11 is 3.32. The zero-order valence-electron chi connectivity index (χ0n) is 10.4. The third kappa shape index (κ3) is 2.40. The number of hydrogen-bond donors (Lipinski definition) is 1. The van der Waals surface area contributed by atoms with Gasteiger partial charge in [-0.15, -0.1) is 0 Å². The maximum absolute atomic E-state index is 12.1. The number of hydrogen-bond acceptors (Lipinski definition) is 3. The molecule has 0 aliphatic carbocycles. The van der Waals surface area contributed by atoms with E-state index in [2.05, 4.69) is 15.9 Å². The third-order valence-electron chi connectivity index (χ3n) is 3.09. The van der Waals surface area contributed by atoms with Crippen LogP contribution in [0.25, 0.3) is 11.0 Å². The molecule has 0 spiro atoms. The van der Waals surface area contributed by atoms with E-state index in [9.17, 15) is 9.90 Å². The van der Waals surface area contributed by atoms with Crippen LogP contribution in [0.2, 0.25) is 0 Å². The van der Waals surface area contributed by atoms with Crippen molar-refractivity contribution in [1.82, 2.24) is 0 Å². The molecular weight excluding hydrogens is 320 g/mol. The zero-order chi connectivity index (χ0) is 14.1. The Labute approximate surface area is 123 Å². The minimum absolute atomic E-state index is 0.169. The van der Waals surface area contributed by atoms with E-state index in [4.69, 9.17) is 4.42 Å². The third-order valence-corrected chi connectivity index (χ3v) is 3.59. The highest BCUT2D eigenvalue weighted by molar-refractivity contribution is 9.10. The van der Waals surface area contributed by atoms with Crippen LogP contribution < -0.4 is 5.43 Å². The summed E-state index contributed by atoms with van der Waals surface area (Å²) in [7, 11) is 0. The van der Waals surface area contributed by atoms with Gasteiger partial charge in [-0.2, -0.15) is 0 Å². The Kier molecular flexibility index (Phi) is 3.42. The lowest BCUT2D eigenvalue weighted by Crippen LogP contribution is -2.06. The molecule has 0 bridgehead atoms. The molecule has 3 nitrogen and oxygen atoms in total. The van der Waals surface area contributed by atoms with Crippen LogP contribution in [0.5, 0.6) is 0 Å². The van der Waals surface area contributed by atoms with Gasteiger partial charge < -0.3 is 9.52 Å². The molecule has 20 heavy (non-hydrogen) atoms. The van der Waals surface area contributed by atoms with Crippen molar-refractivity contribution in [3.05, 3.63) is 80.6 Å². The first-order valence-electron chi connectivity index (χ1n) is 6.11. The van der Waals surface area contributed by atoms with Crippen LogP contribution in [0, 0.1) is 0 Å². The van der Waals surface area contributed by atoms with Crippen molar-refractivity contribution >= 4 is 26.9 Å². The van der Waals surface area contributed by atoms with Gasteiger partial charge in [-0.25, -0.2) is 0 Å². The maximum Gasteiger partial charge on any atom is 0.193 e. The highest BCUT2D eigenvalue weighted by Crippen LogP contribution is 2.24. The number of halogens is 1. The van der Waals surface area contributed by atoms with Crippen LogP contribution in [-0.2, 0) is 0 Å². The fourth-order valence-corrected chi connectivity index (χ4v) is 2.44. The first-order valence-corrected chi connectivity index (χ1v) is 6.91. The fraction of sp³-hybridized carbons (Fsp3) is 0.0625. The van der Waals surface area contributed by atoms with Gasteiger partial charge in [0.15, 0.2) is 5.43 Å². The van der Waals surface area contributed by atoms with E-state index in [-0.39, 0.29) is 11.2 Å². The first kappa shape index (κ1) is 13.1. The van der Waals surface area contributed by atoms with Crippen LogP contribution in [0.4, 0.5) is 0 Å². The minimum atomic E-state index is -0.947. The van der Waals surface area contributed by atoms with E-state index in [0.29, 0.717) is 16.5 Å². The van der Waals surface area contributed by atoms with Crippen molar-refractivity contribution in [3.63, 3.8) is 0 Å². The molecule has 0 aliphatic heterocycles. The lowest BCUT2D eigenvalue weighted by Gasteiger charge is -2.10. The normalized spacial score (nSPS) is 12.5. The Morgan fingerprint density at radius 1 is 1.05 bits per heavy atom. The topological polar surface area (TPSA) is 50.4 Å². The standard InChI is InChI=1S/C16H11BrO3/c17-11-6-7-14-12(8-11)13(18)9-15(20-14)16(19)10-4-2-1-3-5-10/h1-9,16,19H. The van der Waals surface area contributed by atoms with E-state index in [1.165, 1.54) is 6.07 Å². The minimum Gasteiger partial charge on any atom is -0.458 e. The van der Waals surface area contributed by atoms with Gasteiger partial charge in [0, 0.05) is 10.5 Å². The van der Waals surface area contributed by atoms with Crippen LogP contribution in [0.1, 0.15) is 17.4 Å². The zero-order valence-corrected chi connectivity index (χ0v) is 12.0. The lowest BCUT2D eigenvalue weighted by molar-refractivity contribution is 0.190. The van der Waals surface area contributed by atoms with Crippen molar-refractivity contribution in [2.45, 2.75) is 6.10 Å². The van der Waals surface area contributed by atoms with Gasteiger partial charge >= 0.3 is 0 Å². The molecule has 1 heterocycles. The second kappa shape index (κ2) is 5.23. The quantitative estimate of drug-likeness (QED) is 0.780. The fourth-order valence-electron chi connectivity index (χ4n) is 2.08. The molecule has 3 rings (SSSR count). The largest absolute Gasteiger partial charge is 0.458 e. The average molecular weight is 331 g/mol. The number of benzene rings is 2. The molecule has 0 amide bonds. The molecule has 100 valence electrons. The highest BCUT2D eigenvalue weighted by atomic mass is 79.9. The summed E-state index contributed by atoms with van der Waals surface area (Å²) in [5.41, 5.74) is 0.982. The smallest absolute Gasteiger partial charge is 0.193 e. The number of aliphatic hydroxyl groups is 1. The van der Waals surface area contributed by atoms with E-state index in [0.717, 1.165) is 4.47 Å². The van der Waals surface area contributed by atoms with Crippen LogP contribution >= 0.6 is 15.9 Å². The van der Waals surface area contributed by atoms with Crippen LogP contribution in [0.3, 0.4) is 0 Å². The Morgan fingerprint density at radius 3 is 2.55 bits per heavy atom. The van der Waals surface area contributed by atoms with Crippen molar-refractivity contribution in [1.29, 1.82) is 0 Å². The summed E-state index contributed by atoms with van der Waals surface area (Å²) < 4.78 is 6.46. The summed E-state index contributed by atoms with van der Waals surface area (Å²) in [5, 5.41) is 10.8. The molecule has 0 aliphatic rings. The monoisotopic (exact) mass is 330 g/mol. The first-order chi connectivity index (χ1) is 9.65. The van der Waals surface area contributed by atoms with Crippen LogP contribution in [0.15, 0.2) is 68.3 Å². The molecule has 0 saturated heterocycles. The van der Waals surface area contributed by atoms with Crippen LogP contribution in [-0.4, -0.2) is 5.11 Å². The number of aliphatic hydroxyl groups excluding tert-OH is 1. The molecule has 0 fully saturated rings. The van der Waals surface area contributed by atoms with Crippen molar-refractivity contribution in [3.8, 4) is 0 Å². The Bertz CT molecular complexity index is 809. The van der Waals surface area contributed by atoms with Gasteiger partial charge in [0.1, 0.15) is 17.4 Å². The van der Waals surface area contributed by atoms with Gasteiger partial charge in [0.25, 0.3) is 0 Å². The molecule has 1 atom stereocenters. The predicted molar refractivity (Wildman–Crippen MR) is 80.7 cm³/mol. The summed E-state index contributed by atoms with van der Waals surface area (Å²) in [6.45, 7) is 0. The Morgan fingerprint density at radius 2 is 1.80 bits per heavy atom. The molecule has 3 aromatic rings. The maximum atomic E-state index is 12.1.